The van der Waals surface area contributed by atoms with Gasteiger partial charge in [-0.3, -0.25) is 4.68 Å². The van der Waals surface area contributed by atoms with E-state index in [1.54, 1.807) is 29.2 Å². The number of nitriles is 1. The molecule has 0 spiro atoms. The number of piperidine rings is 1. The molecule has 2 aromatic heterocycles. The molecule has 0 amide bonds. The van der Waals surface area contributed by atoms with Crippen LogP contribution in [-0.4, -0.2) is 38.9 Å². The van der Waals surface area contributed by atoms with Gasteiger partial charge in [-0.05, 0) is 18.2 Å². The maximum absolute atomic E-state index is 12.1. The van der Waals surface area contributed by atoms with E-state index in [-0.39, 0.29) is 5.41 Å². The van der Waals surface area contributed by atoms with Crippen LogP contribution in [0.3, 0.4) is 0 Å². The zero-order chi connectivity index (χ0) is 18.9. The number of aliphatic carboxylic acids is 1. The normalized spacial score (nSPS) is 16.9. The average Bonchev–Trinajstić information content (AvgIpc) is 3.12. The van der Waals surface area contributed by atoms with Crippen molar-refractivity contribution in [3.8, 4) is 6.07 Å². The van der Waals surface area contributed by atoms with E-state index < -0.39 is 11.5 Å². The van der Waals surface area contributed by atoms with Crippen molar-refractivity contribution in [1.82, 2.24) is 14.8 Å². The zero-order valence-corrected chi connectivity index (χ0v) is 15.3. The van der Waals surface area contributed by atoms with Gasteiger partial charge in [0.25, 0.3) is 0 Å². The van der Waals surface area contributed by atoms with Crippen LogP contribution in [0.25, 0.3) is 0 Å². The Hall–Kier alpha value is -2.88. The van der Waals surface area contributed by atoms with Gasteiger partial charge in [-0.2, -0.15) is 10.4 Å². The van der Waals surface area contributed by atoms with Crippen LogP contribution in [0.5, 0.6) is 0 Å². The first-order chi connectivity index (χ1) is 12.3. The molecule has 7 nitrogen and oxygen atoms in total. The summed E-state index contributed by atoms with van der Waals surface area (Å²) in [5.41, 5.74) is 0.246. The number of aromatic nitrogens is 3. The van der Waals surface area contributed by atoms with Crippen molar-refractivity contribution in [2.24, 2.45) is 0 Å². The molecule has 1 aliphatic heterocycles. The van der Waals surface area contributed by atoms with Crippen molar-refractivity contribution in [2.45, 2.75) is 44.6 Å². The Kier molecular flexibility index (Phi) is 4.45. The van der Waals surface area contributed by atoms with Gasteiger partial charge in [-0.15, -0.1) is 0 Å². The standard InChI is InChI=1S/C19H23N5O2/c1-18(2,3)15-5-9-24(22-15)19(17(25)26)6-10-23(11-7-19)16-12-14(13-20)4-8-21-16/h4-5,8-9,12H,6-7,10-11H2,1-3H3,(H,25,26). The van der Waals surface area contributed by atoms with Gasteiger partial charge in [-0.1, -0.05) is 20.8 Å². The lowest BCUT2D eigenvalue weighted by Gasteiger charge is -2.39. The number of pyridine rings is 1. The molecule has 0 bridgehead atoms. The first-order valence-corrected chi connectivity index (χ1v) is 8.67. The summed E-state index contributed by atoms with van der Waals surface area (Å²) in [5, 5.41) is 23.6. The van der Waals surface area contributed by atoms with Crippen molar-refractivity contribution in [2.75, 3.05) is 18.0 Å². The predicted octanol–water partition coefficient (Wildman–Crippen LogP) is 2.53. The van der Waals surface area contributed by atoms with Crippen LogP contribution in [0, 0.1) is 11.3 Å². The number of nitrogens with zero attached hydrogens (tertiary/aromatic N) is 5. The second-order valence-electron chi connectivity index (χ2n) is 7.73. The molecule has 1 fully saturated rings. The minimum Gasteiger partial charge on any atom is -0.479 e. The van der Waals surface area contributed by atoms with Crippen molar-refractivity contribution in [3.63, 3.8) is 0 Å². The van der Waals surface area contributed by atoms with E-state index >= 15 is 0 Å². The number of anilines is 1. The Bertz CT molecular complexity index is 851. The molecule has 2 aromatic rings. The number of carboxylic acids is 1. The topological polar surface area (TPSA) is 95.0 Å². The van der Waals surface area contributed by atoms with E-state index in [0.717, 1.165) is 5.69 Å². The van der Waals surface area contributed by atoms with Crippen LogP contribution in [0.15, 0.2) is 30.6 Å². The third kappa shape index (κ3) is 3.15. The second kappa shape index (κ2) is 6.45. The number of rotatable bonds is 3. The maximum atomic E-state index is 12.1. The fourth-order valence-corrected chi connectivity index (χ4v) is 3.27. The van der Waals surface area contributed by atoms with Gasteiger partial charge >= 0.3 is 5.97 Å². The molecular weight excluding hydrogens is 330 g/mol. The lowest BCUT2D eigenvalue weighted by molar-refractivity contribution is -0.149. The Labute approximate surface area is 152 Å². The smallest absolute Gasteiger partial charge is 0.331 e. The minimum atomic E-state index is -1.05. The van der Waals surface area contributed by atoms with Gasteiger partial charge in [0, 0.05) is 43.7 Å². The van der Waals surface area contributed by atoms with E-state index in [1.807, 2.05) is 11.0 Å². The molecule has 0 saturated carbocycles. The Morgan fingerprint density at radius 1 is 1.31 bits per heavy atom. The highest BCUT2D eigenvalue weighted by molar-refractivity contribution is 5.77. The SMILES string of the molecule is CC(C)(C)c1ccn(C2(C(=O)O)CCN(c3cc(C#N)ccn3)CC2)n1. The summed E-state index contributed by atoms with van der Waals surface area (Å²) in [4.78, 5) is 18.5. The third-order valence-electron chi connectivity index (χ3n) is 4.98. The molecule has 0 aromatic carbocycles. The largest absolute Gasteiger partial charge is 0.479 e. The number of hydrogen-bond donors (Lipinski definition) is 1. The van der Waals surface area contributed by atoms with Gasteiger partial charge in [-0.25, -0.2) is 9.78 Å². The van der Waals surface area contributed by atoms with E-state index in [1.165, 1.54) is 0 Å². The second-order valence-corrected chi connectivity index (χ2v) is 7.73. The molecule has 3 rings (SSSR count). The summed E-state index contributed by atoms with van der Waals surface area (Å²) in [6, 6.07) is 7.40. The highest BCUT2D eigenvalue weighted by Gasteiger charge is 2.44. The molecule has 0 atom stereocenters. The predicted molar refractivity (Wildman–Crippen MR) is 96.9 cm³/mol. The van der Waals surface area contributed by atoms with Crippen molar-refractivity contribution in [1.29, 1.82) is 5.26 Å². The van der Waals surface area contributed by atoms with Gasteiger partial charge in [0.1, 0.15) is 5.82 Å². The fraction of sp³-hybridized carbons (Fsp3) is 0.474. The molecule has 1 aliphatic rings. The lowest BCUT2D eigenvalue weighted by atomic mass is 9.87. The molecule has 0 radical (unpaired) electrons. The quantitative estimate of drug-likeness (QED) is 0.911. The zero-order valence-electron chi connectivity index (χ0n) is 15.3. The molecule has 136 valence electrons. The lowest BCUT2D eigenvalue weighted by Crippen LogP contribution is -2.51. The van der Waals surface area contributed by atoms with Gasteiger partial charge in [0.15, 0.2) is 5.54 Å². The summed E-state index contributed by atoms with van der Waals surface area (Å²) in [7, 11) is 0. The summed E-state index contributed by atoms with van der Waals surface area (Å²) in [5.74, 6) is -0.154. The van der Waals surface area contributed by atoms with Gasteiger partial charge < -0.3 is 10.0 Å². The highest BCUT2D eigenvalue weighted by Crippen LogP contribution is 2.33. The van der Waals surface area contributed by atoms with Crippen molar-refractivity contribution in [3.05, 3.63) is 41.9 Å². The first-order valence-electron chi connectivity index (χ1n) is 8.67. The van der Waals surface area contributed by atoms with E-state index in [4.69, 9.17) is 5.26 Å². The van der Waals surface area contributed by atoms with Crippen LogP contribution in [0.1, 0.15) is 44.9 Å². The Morgan fingerprint density at radius 3 is 2.54 bits per heavy atom. The van der Waals surface area contributed by atoms with Crippen molar-refractivity contribution >= 4 is 11.8 Å². The van der Waals surface area contributed by atoms with E-state index in [9.17, 15) is 9.90 Å². The van der Waals surface area contributed by atoms with Crippen LogP contribution < -0.4 is 4.90 Å². The molecule has 1 N–H and O–H groups in total. The Balaban J connectivity index is 1.84. The molecule has 0 aliphatic carbocycles. The number of carboxylic acid groups (broad SMARTS) is 1. The monoisotopic (exact) mass is 353 g/mol. The van der Waals surface area contributed by atoms with Gasteiger partial charge in [0.2, 0.25) is 0 Å². The van der Waals surface area contributed by atoms with Crippen LogP contribution in [-0.2, 0) is 15.7 Å². The molecule has 0 unspecified atom stereocenters. The molecular formula is C19H23N5O2. The van der Waals surface area contributed by atoms with Crippen LogP contribution in [0.4, 0.5) is 5.82 Å². The first kappa shape index (κ1) is 17.9. The van der Waals surface area contributed by atoms with Crippen LogP contribution in [0.2, 0.25) is 0 Å². The van der Waals surface area contributed by atoms with E-state index in [2.05, 4.69) is 36.9 Å². The highest BCUT2D eigenvalue weighted by atomic mass is 16.4. The van der Waals surface area contributed by atoms with E-state index in [0.29, 0.717) is 37.3 Å². The number of hydrogen-bond acceptors (Lipinski definition) is 5. The maximum Gasteiger partial charge on any atom is 0.331 e. The molecule has 7 heteroatoms. The molecule has 3 heterocycles. The third-order valence-corrected chi connectivity index (χ3v) is 4.98. The summed E-state index contributed by atoms with van der Waals surface area (Å²) in [6.45, 7) is 7.26. The van der Waals surface area contributed by atoms with Gasteiger partial charge in [0.05, 0.1) is 17.3 Å². The summed E-state index contributed by atoms with van der Waals surface area (Å²) in [6.07, 6.45) is 4.23. The molecule has 26 heavy (non-hydrogen) atoms. The average molecular weight is 353 g/mol. The Morgan fingerprint density at radius 2 is 2.00 bits per heavy atom. The molecule has 1 saturated heterocycles. The fourth-order valence-electron chi connectivity index (χ4n) is 3.27. The van der Waals surface area contributed by atoms with Crippen LogP contribution >= 0.6 is 0 Å². The summed E-state index contributed by atoms with van der Waals surface area (Å²) < 4.78 is 1.62. The minimum absolute atomic E-state index is 0.132. The summed E-state index contributed by atoms with van der Waals surface area (Å²) >= 11 is 0. The number of carbonyl (C=O) groups is 1. The van der Waals surface area contributed by atoms with Crippen molar-refractivity contribution < 1.29 is 9.90 Å².